The van der Waals surface area contributed by atoms with Crippen molar-refractivity contribution < 1.29 is 10.0 Å². The van der Waals surface area contributed by atoms with Crippen molar-refractivity contribution in [3.8, 4) is 0 Å². The van der Waals surface area contributed by atoms with Gasteiger partial charge in [0, 0.05) is 12.1 Å². The van der Waals surface area contributed by atoms with E-state index in [9.17, 15) is 0 Å². The normalized spacial score (nSPS) is 25.0. The molecule has 0 fully saturated rings. The fraction of sp³-hybridized carbons (Fsp3) is 0.125. The molecule has 0 radical (unpaired) electrons. The van der Waals surface area contributed by atoms with Gasteiger partial charge >= 0.3 is 7.12 Å². The van der Waals surface area contributed by atoms with Crippen LogP contribution < -0.4 is 0 Å². The van der Waals surface area contributed by atoms with Gasteiger partial charge in [-0.2, -0.15) is 0 Å². The Morgan fingerprint density at radius 1 is 1.33 bits per heavy atom. The number of hydrogen-bond donors (Lipinski definition) is 2. The molecule has 2 rings (SSSR count). The van der Waals surface area contributed by atoms with Crippen molar-refractivity contribution in [2.45, 2.75) is 0 Å². The van der Waals surface area contributed by atoms with Gasteiger partial charge in [0.15, 0.2) is 0 Å². The van der Waals surface area contributed by atoms with Crippen LogP contribution >= 0.6 is 0 Å². The maximum absolute atomic E-state index is 8.87. The molecule has 4 heteroatoms. The van der Waals surface area contributed by atoms with Crippen LogP contribution in [-0.2, 0) is 0 Å². The van der Waals surface area contributed by atoms with Crippen molar-refractivity contribution in [3.63, 3.8) is 0 Å². The molecule has 1 atom stereocenters. The predicted molar refractivity (Wildman–Crippen MR) is 47.5 cm³/mol. The highest BCUT2D eigenvalue weighted by Crippen LogP contribution is 2.20. The molecule has 0 unspecified atom stereocenters. The first-order valence-corrected chi connectivity index (χ1v) is 3.77. The quantitative estimate of drug-likeness (QED) is 0.535. The molecule has 2 aliphatic rings. The summed E-state index contributed by atoms with van der Waals surface area (Å²) in [4.78, 5) is 4.09. The Kier molecular flexibility index (Phi) is 1.71. The Bertz CT molecular complexity index is 315. The Labute approximate surface area is 70.6 Å². The minimum absolute atomic E-state index is 0.131. The summed E-state index contributed by atoms with van der Waals surface area (Å²) in [5.41, 5.74) is 1.49. The molecule has 0 aromatic rings. The van der Waals surface area contributed by atoms with Crippen molar-refractivity contribution in [1.82, 2.24) is 0 Å². The summed E-state index contributed by atoms with van der Waals surface area (Å²) in [7, 11) is -1.38. The van der Waals surface area contributed by atoms with Gasteiger partial charge in [-0.05, 0) is 11.5 Å². The van der Waals surface area contributed by atoms with Crippen LogP contribution in [0, 0.1) is 5.92 Å². The van der Waals surface area contributed by atoms with Crippen LogP contribution in [0.2, 0.25) is 0 Å². The summed E-state index contributed by atoms with van der Waals surface area (Å²) in [5.74, 6) is 0.131. The zero-order valence-corrected chi connectivity index (χ0v) is 6.38. The van der Waals surface area contributed by atoms with E-state index in [1.807, 2.05) is 6.08 Å². The fourth-order valence-electron chi connectivity index (χ4n) is 1.32. The van der Waals surface area contributed by atoms with Crippen molar-refractivity contribution in [2.75, 3.05) is 0 Å². The first kappa shape index (κ1) is 7.52. The molecular weight excluding hydrogens is 153 g/mol. The summed E-state index contributed by atoms with van der Waals surface area (Å²) in [5, 5.41) is 17.7. The van der Waals surface area contributed by atoms with Gasteiger partial charge in [-0.1, -0.05) is 18.2 Å². The number of fused-ring (bicyclic) bond motifs is 1. The van der Waals surface area contributed by atoms with Gasteiger partial charge in [0.2, 0.25) is 0 Å². The standard InChI is InChI=1S/C8H8BNO2/c11-9(12)7-1-2-8-6(5-7)3-4-10-8/h1-6,11-12H/t6-/m1/s1. The Hall–Kier alpha value is -1.13. The number of nitrogens with zero attached hydrogens (tertiary/aromatic N) is 1. The van der Waals surface area contributed by atoms with Gasteiger partial charge in [0.05, 0.1) is 5.71 Å². The maximum Gasteiger partial charge on any atom is 0.488 e. The fourth-order valence-corrected chi connectivity index (χ4v) is 1.32. The SMILES string of the molecule is OB(O)C1=C[C@H]2C=CN=C2C=C1. The van der Waals surface area contributed by atoms with Gasteiger partial charge in [-0.3, -0.25) is 4.99 Å². The largest absolute Gasteiger partial charge is 0.488 e. The summed E-state index contributed by atoms with van der Waals surface area (Å²) in [6.07, 6.45) is 8.92. The van der Waals surface area contributed by atoms with Crippen LogP contribution in [0.1, 0.15) is 0 Å². The molecule has 3 nitrogen and oxygen atoms in total. The third-order valence-corrected chi connectivity index (χ3v) is 1.98. The Morgan fingerprint density at radius 2 is 2.17 bits per heavy atom. The Balaban J connectivity index is 2.28. The highest BCUT2D eigenvalue weighted by Gasteiger charge is 2.21. The van der Waals surface area contributed by atoms with E-state index in [-0.39, 0.29) is 5.92 Å². The van der Waals surface area contributed by atoms with Gasteiger partial charge in [-0.15, -0.1) is 0 Å². The maximum atomic E-state index is 8.87. The molecule has 1 heterocycles. The molecule has 0 amide bonds. The van der Waals surface area contributed by atoms with Crippen LogP contribution in [0.15, 0.2) is 41.0 Å². The van der Waals surface area contributed by atoms with Crippen LogP contribution in [-0.4, -0.2) is 22.9 Å². The van der Waals surface area contributed by atoms with E-state index in [0.717, 1.165) is 5.71 Å². The van der Waals surface area contributed by atoms with Crippen molar-refractivity contribution in [2.24, 2.45) is 10.9 Å². The minimum Gasteiger partial charge on any atom is -0.423 e. The van der Waals surface area contributed by atoms with Crippen molar-refractivity contribution in [1.29, 1.82) is 0 Å². The number of rotatable bonds is 1. The third kappa shape index (κ3) is 1.15. The van der Waals surface area contributed by atoms with E-state index in [2.05, 4.69) is 4.99 Å². The lowest BCUT2D eigenvalue weighted by Crippen LogP contribution is -2.19. The van der Waals surface area contributed by atoms with Gasteiger partial charge in [0.1, 0.15) is 0 Å². The zero-order valence-electron chi connectivity index (χ0n) is 6.38. The topological polar surface area (TPSA) is 52.8 Å². The summed E-state index contributed by atoms with van der Waals surface area (Å²) >= 11 is 0. The molecule has 0 aromatic heterocycles. The van der Waals surface area contributed by atoms with Gasteiger partial charge in [-0.25, -0.2) is 0 Å². The molecule has 2 N–H and O–H groups in total. The average Bonchev–Trinajstić information content (AvgIpc) is 2.49. The third-order valence-electron chi connectivity index (χ3n) is 1.98. The molecule has 0 bridgehead atoms. The van der Waals surface area contributed by atoms with Gasteiger partial charge in [0.25, 0.3) is 0 Å². The van der Waals surface area contributed by atoms with Gasteiger partial charge < -0.3 is 10.0 Å². The van der Waals surface area contributed by atoms with E-state index >= 15 is 0 Å². The first-order chi connectivity index (χ1) is 5.77. The minimum atomic E-state index is -1.38. The molecule has 0 spiro atoms. The second kappa shape index (κ2) is 2.73. The molecule has 1 aliphatic carbocycles. The van der Waals surface area contributed by atoms with Crippen LogP contribution in [0.5, 0.6) is 0 Å². The summed E-state index contributed by atoms with van der Waals surface area (Å²) in [6.45, 7) is 0. The average molecular weight is 161 g/mol. The number of hydrogen-bond acceptors (Lipinski definition) is 3. The molecule has 1 aliphatic heterocycles. The lowest BCUT2D eigenvalue weighted by Gasteiger charge is -2.11. The number of allylic oxidation sites excluding steroid dienone is 5. The second-order valence-electron chi connectivity index (χ2n) is 2.79. The van der Waals surface area contributed by atoms with E-state index in [0.29, 0.717) is 5.47 Å². The highest BCUT2D eigenvalue weighted by molar-refractivity contribution is 6.52. The predicted octanol–water partition coefficient (Wildman–Crippen LogP) is 0.0791. The van der Waals surface area contributed by atoms with Crippen molar-refractivity contribution in [3.05, 3.63) is 36.0 Å². The van der Waals surface area contributed by atoms with Crippen LogP contribution in [0.3, 0.4) is 0 Å². The number of aliphatic imine (C=N–C) groups is 1. The molecule has 0 aromatic carbocycles. The Morgan fingerprint density at radius 3 is 2.92 bits per heavy atom. The molecule has 12 heavy (non-hydrogen) atoms. The van der Waals surface area contributed by atoms with Crippen LogP contribution in [0.4, 0.5) is 0 Å². The summed E-state index contributed by atoms with van der Waals surface area (Å²) in [6, 6.07) is 0. The molecule has 60 valence electrons. The zero-order chi connectivity index (χ0) is 8.55. The monoisotopic (exact) mass is 161 g/mol. The van der Waals surface area contributed by atoms with E-state index in [1.165, 1.54) is 0 Å². The molecule has 0 saturated heterocycles. The lowest BCUT2D eigenvalue weighted by molar-refractivity contribution is 0.420. The van der Waals surface area contributed by atoms with E-state index in [4.69, 9.17) is 10.0 Å². The van der Waals surface area contributed by atoms with E-state index < -0.39 is 7.12 Å². The second-order valence-corrected chi connectivity index (χ2v) is 2.79. The smallest absolute Gasteiger partial charge is 0.423 e. The highest BCUT2D eigenvalue weighted by atomic mass is 16.4. The van der Waals surface area contributed by atoms with E-state index in [1.54, 1.807) is 24.4 Å². The molecule has 0 saturated carbocycles. The summed E-state index contributed by atoms with van der Waals surface area (Å²) < 4.78 is 0. The lowest BCUT2D eigenvalue weighted by atomic mass is 9.74. The molecular formula is C8H8BNO2. The van der Waals surface area contributed by atoms with Crippen molar-refractivity contribution >= 4 is 12.8 Å². The first-order valence-electron chi connectivity index (χ1n) is 3.77. The van der Waals surface area contributed by atoms with Crippen LogP contribution in [0.25, 0.3) is 0 Å².